The average Bonchev–Trinajstić information content (AvgIpc) is 3.27. The molecule has 0 aliphatic carbocycles. The fourth-order valence-electron chi connectivity index (χ4n) is 3.78. The third kappa shape index (κ3) is 6.59. The zero-order chi connectivity index (χ0) is 25.4. The van der Waals surface area contributed by atoms with Crippen LogP contribution in [0.15, 0.2) is 48.5 Å². The zero-order valence-electron chi connectivity index (χ0n) is 20.2. The zero-order valence-corrected chi connectivity index (χ0v) is 20.2. The lowest BCUT2D eigenvalue weighted by molar-refractivity contribution is -0.150. The number of carbonyl (C=O) groups is 4. The van der Waals surface area contributed by atoms with Crippen LogP contribution in [0.4, 0.5) is 11.4 Å². The molecule has 0 spiro atoms. The van der Waals surface area contributed by atoms with E-state index in [1.807, 2.05) is 6.92 Å². The summed E-state index contributed by atoms with van der Waals surface area (Å²) in [5.74, 6) is -1.61. The molecular formula is C26H31N3O6. The van der Waals surface area contributed by atoms with Crippen LogP contribution in [0.25, 0.3) is 0 Å². The van der Waals surface area contributed by atoms with Gasteiger partial charge in [0.25, 0.3) is 11.8 Å². The molecule has 3 rings (SSSR count). The van der Waals surface area contributed by atoms with E-state index in [2.05, 4.69) is 10.6 Å². The van der Waals surface area contributed by atoms with Gasteiger partial charge in [0, 0.05) is 13.0 Å². The summed E-state index contributed by atoms with van der Waals surface area (Å²) in [5, 5.41) is 5.39. The first-order valence-corrected chi connectivity index (χ1v) is 11.7. The second-order valence-electron chi connectivity index (χ2n) is 8.45. The summed E-state index contributed by atoms with van der Waals surface area (Å²) in [6, 6.07) is 12.8. The van der Waals surface area contributed by atoms with Gasteiger partial charge < -0.3 is 25.0 Å². The van der Waals surface area contributed by atoms with E-state index in [0.717, 1.165) is 6.42 Å². The minimum atomic E-state index is -0.959. The highest BCUT2D eigenvalue weighted by molar-refractivity contribution is 6.03. The summed E-state index contributed by atoms with van der Waals surface area (Å²) >= 11 is 0. The minimum Gasteiger partial charge on any atom is -0.493 e. The van der Waals surface area contributed by atoms with Gasteiger partial charge in [0.1, 0.15) is 11.8 Å². The number of rotatable bonds is 10. The normalized spacial score (nSPS) is 13.9. The van der Waals surface area contributed by atoms with Crippen molar-refractivity contribution >= 4 is 35.1 Å². The molecule has 1 fully saturated rings. The van der Waals surface area contributed by atoms with Crippen molar-refractivity contribution in [2.24, 2.45) is 5.92 Å². The van der Waals surface area contributed by atoms with Gasteiger partial charge in [-0.1, -0.05) is 38.1 Å². The van der Waals surface area contributed by atoms with Crippen LogP contribution in [0.3, 0.4) is 0 Å². The molecule has 186 valence electrons. The van der Waals surface area contributed by atoms with Crippen LogP contribution in [-0.4, -0.2) is 49.5 Å². The Bertz CT molecular complexity index is 1080. The van der Waals surface area contributed by atoms with E-state index in [-0.39, 0.29) is 11.8 Å². The lowest BCUT2D eigenvalue weighted by Gasteiger charge is -2.22. The van der Waals surface area contributed by atoms with E-state index < -0.39 is 30.4 Å². The highest BCUT2D eigenvalue weighted by Crippen LogP contribution is 2.29. The molecule has 2 aromatic carbocycles. The Labute approximate surface area is 204 Å². The van der Waals surface area contributed by atoms with Gasteiger partial charge in [-0.25, -0.2) is 4.79 Å². The van der Waals surface area contributed by atoms with Crippen molar-refractivity contribution in [1.29, 1.82) is 0 Å². The highest BCUT2D eigenvalue weighted by atomic mass is 16.5. The summed E-state index contributed by atoms with van der Waals surface area (Å²) in [4.78, 5) is 51.8. The summed E-state index contributed by atoms with van der Waals surface area (Å²) in [7, 11) is 0. The number of amides is 3. The molecule has 1 heterocycles. The number of para-hydroxylation sites is 3. The predicted molar refractivity (Wildman–Crippen MR) is 131 cm³/mol. The first kappa shape index (κ1) is 25.7. The van der Waals surface area contributed by atoms with Crippen LogP contribution in [0.1, 0.15) is 44.0 Å². The van der Waals surface area contributed by atoms with E-state index in [9.17, 15) is 19.2 Å². The summed E-state index contributed by atoms with van der Waals surface area (Å²) in [6.07, 6.45) is 1.23. The lowest BCUT2D eigenvalue weighted by atomic mass is 10.0. The van der Waals surface area contributed by atoms with Crippen LogP contribution in [0, 0.1) is 5.92 Å². The largest absolute Gasteiger partial charge is 0.493 e. The maximum atomic E-state index is 12.8. The van der Waals surface area contributed by atoms with Crippen molar-refractivity contribution in [3.8, 4) is 5.75 Å². The van der Waals surface area contributed by atoms with Crippen molar-refractivity contribution in [1.82, 2.24) is 5.32 Å². The molecule has 0 radical (unpaired) electrons. The molecule has 2 aromatic rings. The molecule has 1 atom stereocenters. The third-order valence-corrected chi connectivity index (χ3v) is 5.53. The Kier molecular flexibility index (Phi) is 8.83. The van der Waals surface area contributed by atoms with Crippen LogP contribution in [-0.2, 0) is 19.1 Å². The first-order chi connectivity index (χ1) is 16.8. The van der Waals surface area contributed by atoms with E-state index in [4.69, 9.17) is 9.47 Å². The molecule has 3 amide bonds. The second-order valence-corrected chi connectivity index (χ2v) is 8.45. The van der Waals surface area contributed by atoms with Crippen molar-refractivity contribution < 1.29 is 28.7 Å². The number of nitrogens with one attached hydrogen (secondary N) is 2. The van der Waals surface area contributed by atoms with Crippen molar-refractivity contribution in [2.45, 2.75) is 39.7 Å². The molecule has 9 heteroatoms. The molecule has 2 N–H and O–H groups in total. The topological polar surface area (TPSA) is 114 Å². The van der Waals surface area contributed by atoms with Gasteiger partial charge in [-0.05, 0) is 43.5 Å². The number of nitrogens with zero attached hydrogens (tertiary/aromatic N) is 1. The quantitative estimate of drug-likeness (QED) is 0.504. The van der Waals surface area contributed by atoms with Gasteiger partial charge in [-0.2, -0.15) is 0 Å². The molecule has 35 heavy (non-hydrogen) atoms. The number of anilines is 2. The number of ether oxygens (including phenoxy) is 2. The van der Waals surface area contributed by atoms with Crippen molar-refractivity contribution in [2.75, 3.05) is 30.0 Å². The molecule has 0 bridgehead atoms. The number of esters is 1. The Hall–Kier alpha value is -3.88. The summed E-state index contributed by atoms with van der Waals surface area (Å²) in [6.45, 7) is 5.80. The van der Waals surface area contributed by atoms with Gasteiger partial charge in [-0.15, -0.1) is 0 Å². The van der Waals surface area contributed by atoms with Gasteiger partial charge in [0.15, 0.2) is 6.61 Å². The molecule has 9 nitrogen and oxygen atoms in total. The Morgan fingerprint density at radius 1 is 1.06 bits per heavy atom. The van der Waals surface area contributed by atoms with Crippen LogP contribution >= 0.6 is 0 Å². The average molecular weight is 482 g/mol. The fraction of sp³-hybridized carbons (Fsp3) is 0.385. The standard InChI is InChI=1S/C26H31N3O6/c1-4-34-21-13-8-5-10-18(21)25(32)28-24(17(2)3)26(33)35-16-22(30)27-19-11-6-7-12-20(19)29-15-9-14-23(29)31/h5-8,10-13,17,24H,4,9,14-16H2,1-3H3,(H,27,30)(H,28,32)/t24-/m0/s1. The molecule has 1 aliphatic rings. The monoisotopic (exact) mass is 481 g/mol. The van der Waals surface area contributed by atoms with Crippen molar-refractivity contribution in [3.63, 3.8) is 0 Å². The fourth-order valence-corrected chi connectivity index (χ4v) is 3.78. The maximum absolute atomic E-state index is 12.8. The summed E-state index contributed by atoms with van der Waals surface area (Å²) < 4.78 is 10.7. The Balaban J connectivity index is 1.61. The maximum Gasteiger partial charge on any atom is 0.329 e. The molecule has 1 saturated heterocycles. The third-order valence-electron chi connectivity index (χ3n) is 5.53. The molecular weight excluding hydrogens is 450 g/mol. The van der Waals surface area contributed by atoms with Gasteiger partial charge in [-0.3, -0.25) is 14.4 Å². The number of carbonyl (C=O) groups excluding carboxylic acids is 4. The number of hydrogen-bond donors (Lipinski definition) is 2. The lowest BCUT2D eigenvalue weighted by Crippen LogP contribution is -2.46. The van der Waals surface area contributed by atoms with E-state index >= 15 is 0 Å². The highest BCUT2D eigenvalue weighted by Gasteiger charge is 2.28. The molecule has 0 aromatic heterocycles. The Morgan fingerprint density at radius 2 is 1.77 bits per heavy atom. The Morgan fingerprint density at radius 3 is 2.46 bits per heavy atom. The van der Waals surface area contributed by atoms with Crippen LogP contribution in [0.2, 0.25) is 0 Å². The predicted octanol–water partition coefficient (Wildman–Crippen LogP) is 3.15. The van der Waals surface area contributed by atoms with E-state index in [0.29, 0.717) is 42.3 Å². The molecule has 0 saturated carbocycles. The van der Waals surface area contributed by atoms with Crippen LogP contribution in [0.5, 0.6) is 5.75 Å². The van der Waals surface area contributed by atoms with Gasteiger partial charge in [0.05, 0.1) is 23.5 Å². The second kappa shape index (κ2) is 12.0. The molecule has 0 unspecified atom stereocenters. The minimum absolute atomic E-state index is 0.000413. The summed E-state index contributed by atoms with van der Waals surface area (Å²) in [5.41, 5.74) is 1.37. The first-order valence-electron chi connectivity index (χ1n) is 11.7. The van der Waals surface area contributed by atoms with Gasteiger partial charge >= 0.3 is 5.97 Å². The number of hydrogen-bond acceptors (Lipinski definition) is 6. The van der Waals surface area contributed by atoms with Crippen LogP contribution < -0.4 is 20.3 Å². The van der Waals surface area contributed by atoms with Gasteiger partial charge in [0.2, 0.25) is 5.91 Å². The SMILES string of the molecule is CCOc1ccccc1C(=O)N[C@H](C(=O)OCC(=O)Nc1ccccc1N1CCCC1=O)C(C)C. The van der Waals surface area contributed by atoms with E-state index in [1.165, 1.54) is 0 Å². The number of benzene rings is 2. The van der Waals surface area contributed by atoms with Crippen molar-refractivity contribution in [3.05, 3.63) is 54.1 Å². The smallest absolute Gasteiger partial charge is 0.329 e. The van der Waals surface area contributed by atoms with E-state index in [1.54, 1.807) is 67.3 Å². The molecule has 1 aliphatic heterocycles.